The van der Waals surface area contributed by atoms with Crippen molar-refractivity contribution in [2.24, 2.45) is 0 Å². The maximum absolute atomic E-state index is 12.4. The molecule has 2 aromatic heterocycles. The molecule has 25 heavy (non-hydrogen) atoms. The molecule has 0 radical (unpaired) electrons. The fraction of sp³-hybridized carbons (Fsp3) is 0.444. The topological polar surface area (TPSA) is 61.4 Å². The predicted octanol–water partition coefficient (Wildman–Crippen LogP) is 2.25. The zero-order valence-electron chi connectivity index (χ0n) is 14.2. The summed E-state index contributed by atoms with van der Waals surface area (Å²) < 4.78 is 0. The summed E-state index contributed by atoms with van der Waals surface area (Å²) in [7, 11) is 0. The van der Waals surface area contributed by atoms with Crippen LogP contribution in [0.3, 0.4) is 0 Å². The van der Waals surface area contributed by atoms with Crippen molar-refractivity contribution in [3.05, 3.63) is 44.8 Å². The highest BCUT2D eigenvalue weighted by molar-refractivity contribution is 7.09. The summed E-state index contributed by atoms with van der Waals surface area (Å²) in [6.07, 6.45) is 1.06. The van der Waals surface area contributed by atoms with E-state index in [0.29, 0.717) is 25.9 Å². The highest BCUT2D eigenvalue weighted by Crippen LogP contribution is 2.23. The Morgan fingerprint density at radius 1 is 1.32 bits per heavy atom. The smallest absolute Gasteiger partial charge is 0.237 e. The maximum Gasteiger partial charge on any atom is 0.237 e. The largest absolute Gasteiger partial charge is 0.355 e. The van der Waals surface area contributed by atoms with E-state index in [1.807, 2.05) is 35.2 Å². The van der Waals surface area contributed by atoms with Crippen LogP contribution in [0.1, 0.15) is 23.8 Å². The van der Waals surface area contributed by atoms with Crippen molar-refractivity contribution >= 4 is 34.5 Å². The highest BCUT2D eigenvalue weighted by Gasteiger charge is 2.37. The molecule has 2 aromatic rings. The summed E-state index contributed by atoms with van der Waals surface area (Å²) in [4.78, 5) is 28.1. The summed E-state index contributed by atoms with van der Waals surface area (Å²) in [6, 6.07) is 5.91. The standard InChI is InChI=1S/C18H23N3O2S2/c1-2-19-18(23)16-9-14(10-21(16)11-15-4-3-6-25-15)20-17(22)8-13-5-7-24-12-13/h3-7,12,14,16H,2,8-11H2,1H3,(H,19,23)(H,20,22). The molecule has 2 N–H and O–H groups in total. The number of hydrogen-bond donors (Lipinski definition) is 2. The van der Waals surface area contributed by atoms with Crippen molar-refractivity contribution in [3.63, 3.8) is 0 Å². The van der Waals surface area contributed by atoms with E-state index >= 15 is 0 Å². The summed E-state index contributed by atoms with van der Waals surface area (Å²) in [5, 5.41) is 12.0. The molecule has 1 aliphatic heterocycles. The van der Waals surface area contributed by atoms with E-state index in [9.17, 15) is 9.59 Å². The summed E-state index contributed by atoms with van der Waals surface area (Å²) in [6.45, 7) is 4.00. The van der Waals surface area contributed by atoms with Gasteiger partial charge in [0.2, 0.25) is 11.8 Å². The van der Waals surface area contributed by atoms with E-state index in [1.54, 1.807) is 22.7 Å². The second kappa shape index (κ2) is 8.60. The molecule has 1 saturated heterocycles. The Hall–Kier alpha value is -1.70. The lowest BCUT2D eigenvalue weighted by atomic mass is 10.1. The van der Waals surface area contributed by atoms with Crippen molar-refractivity contribution in [2.75, 3.05) is 13.1 Å². The Morgan fingerprint density at radius 2 is 2.20 bits per heavy atom. The lowest BCUT2D eigenvalue weighted by Gasteiger charge is -2.22. The molecule has 1 fully saturated rings. The monoisotopic (exact) mass is 377 g/mol. The van der Waals surface area contributed by atoms with Crippen LogP contribution >= 0.6 is 22.7 Å². The van der Waals surface area contributed by atoms with Crippen LogP contribution in [0, 0.1) is 0 Å². The summed E-state index contributed by atoms with van der Waals surface area (Å²) in [5.74, 6) is 0.0738. The average molecular weight is 378 g/mol. The van der Waals surface area contributed by atoms with Crippen LogP contribution in [-0.4, -0.2) is 41.9 Å². The summed E-state index contributed by atoms with van der Waals surface area (Å²) in [5.41, 5.74) is 1.04. The molecule has 0 saturated carbocycles. The Labute approximate surface area is 156 Å². The van der Waals surface area contributed by atoms with Gasteiger partial charge < -0.3 is 10.6 Å². The number of thiophene rings is 2. The van der Waals surface area contributed by atoms with E-state index in [1.165, 1.54) is 4.88 Å². The molecule has 0 aliphatic carbocycles. The van der Waals surface area contributed by atoms with Gasteiger partial charge in [-0.25, -0.2) is 0 Å². The Morgan fingerprint density at radius 3 is 2.88 bits per heavy atom. The molecule has 0 spiro atoms. The number of likely N-dealkylation sites (tertiary alicyclic amines) is 1. The predicted molar refractivity (Wildman–Crippen MR) is 102 cm³/mol. The zero-order valence-corrected chi connectivity index (χ0v) is 15.9. The average Bonchev–Trinajstić information content (AvgIpc) is 3.30. The molecule has 0 aromatic carbocycles. The van der Waals surface area contributed by atoms with Gasteiger partial charge in [-0.1, -0.05) is 6.07 Å². The van der Waals surface area contributed by atoms with Gasteiger partial charge in [0, 0.05) is 30.6 Å². The molecule has 0 bridgehead atoms. The van der Waals surface area contributed by atoms with E-state index in [4.69, 9.17) is 0 Å². The van der Waals surface area contributed by atoms with Crippen LogP contribution < -0.4 is 10.6 Å². The van der Waals surface area contributed by atoms with Gasteiger partial charge in [0.15, 0.2) is 0 Å². The molecular weight excluding hydrogens is 354 g/mol. The number of rotatable bonds is 7. The van der Waals surface area contributed by atoms with Crippen LogP contribution in [0.5, 0.6) is 0 Å². The molecule has 1 aliphatic rings. The van der Waals surface area contributed by atoms with Crippen LogP contribution in [-0.2, 0) is 22.6 Å². The fourth-order valence-electron chi connectivity index (χ4n) is 3.21. The number of nitrogens with zero attached hydrogens (tertiary/aromatic N) is 1. The van der Waals surface area contributed by atoms with Crippen LogP contribution in [0.4, 0.5) is 0 Å². The first-order valence-electron chi connectivity index (χ1n) is 8.50. The second-order valence-electron chi connectivity index (χ2n) is 6.23. The zero-order chi connectivity index (χ0) is 17.6. The maximum atomic E-state index is 12.4. The lowest BCUT2D eigenvalue weighted by molar-refractivity contribution is -0.125. The lowest BCUT2D eigenvalue weighted by Crippen LogP contribution is -2.42. The Kier molecular flexibility index (Phi) is 6.23. The number of hydrogen-bond acceptors (Lipinski definition) is 5. The first-order chi connectivity index (χ1) is 12.2. The molecule has 3 rings (SSSR count). The molecule has 2 unspecified atom stereocenters. The Balaban J connectivity index is 1.61. The third kappa shape index (κ3) is 4.90. The molecule has 134 valence electrons. The first kappa shape index (κ1) is 18.1. The van der Waals surface area contributed by atoms with E-state index < -0.39 is 0 Å². The second-order valence-corrected chi connectivity index (χ2v) is 8.04. The minimum absolute atomic E-state index is 0.0127. The molecule has 3 heterocycles. The molecule has 2 amide bonds. The number of nitrogens with one attached hydrogen (secondary N) is 2. The van der Waals surface area contributed by atoms with Crippen molar-refractivity contribution in [1.29, 1.82) is 0 Å². The van der Waals surface area contributed by atoms with Crippen molar-refractivity contribution in [3.8, 4) is 0 Å². The van der Waals surface area contributed by atoms with Gasteiger partial charge in [0.25, 0.3) is 0 Å². The van der Waals surface area contributed by atoms with Gasteiger partial charge in [-0.05, 0) is 47.2 Å². The van der Waals surface area contributed by atoms with Gasteiger partial charge >= 0.3 is 0 Å². The third-order valence-corrected chi connectivity index (χ3v) is 5.90. The Bertz CT molecular complexity index is 685. The van der Waals surface area contributed by atoms with Gasteiger partial charge in [-0.3, -0.25) is 14.5 Å². The normalized spacial score (nSPS) is 20.5. The fourth-order valence-corrected chi connectivity index (χ4v) is 4.61. The SMILES string of the molecule is CCNC(=O)C1CC(NC(=O)Cc2ccsc2)CN1Cc1cccs1. The number of carbonyl (C=O) groups excluding carboxylic acids is 2. The van der Waals surface area contributed by atoms with Gasteiger partial charge in [0.1, 0.15) is 0 Å². The van der Waals surface area contributed by atoms with E-state index in [-0.39, 0.29) is 23.9 Å². The highest BCUT2D eigenvalue weighted by atomic mass is 32.1. The minimum Gasteiger partial charge on any atom is -0.355 e. The molecule has 5 nitrogen and oxygen atoms in total. The van der Waals surface area contributed by atoms with E-state index in [0.717, 1.165) is 12.1 Å². The van der Waals surface area contributed by atoms with E-state index in [2.05, 4.69) is 21.6 Å². The van der Waals surface area contributed by atoms with Crippen molar-refractivity contribution < 1.29 is 9.59 Å². The minimum atomic E-state index is -0.187. The van der Waals surface area contributed by atoms with Crippen molar-refractivity contribution in [1.82, 2.24) is 15.5 Å². The molecule has 7 heteroatoms. The van der Waals surface area contributed by atoms with Crippen LogP contribution in [0.15, 0.2) is 34.3 Å². The molecular formula is C18H23N3O2S2. The van der Waals surface area contributed by atoms with Crippen LogP contribution in [0.25, 0.3) is 0 Å². The van der Waals surface area contributed by atoms with Gasteiger partial charge in [0.05, 0.1) is 12.5 Å². The van der Waals surface area contributed by atoms with Crippen LogP contribution in [0.2, 0.25) is 0 Å². The third-order valence-electron chi connectivity index (χ3n) is 4.31. The van der Waals surface area contributed by atoms with Crippen molar-refractivity contribution in [2.45, 2.75) is 38.4 Å². The van der Waals surface area contributed by atoms with Gasteiger partial charge in [-0.15, -0.1) is 11.3 Å². The number of carbonyl (C=O) groups is 2. The quantitative estimate of drug-likeness (QED) is 0.778. The summed E-state index contributed by atoms with van der Waals surface area (Å²) >= 11 is 3.29. The number of amides is 2. The first-order valence-corrected chi connectivity index (χ1v) is 10.3. The van der Waals surface area contributed by atoms with Gasteiger partial charge in [-0.2, -0.15) is 11.3 Å². The molecule has 2 atom stereocenters. The number of likely N-dealkylation sites (N-methyl/N-ethyl adjacent to an activating group) is 1.